The molecule has 2 heterocycles. The molecule has 0 aliphatic rings. The van der Waals surface area contributed by atoms with Crippen LogP contribution in [0, 0.1) is 5.82 Å². The highest BCUT2D eigenvalue weighted by Gasteiger charge is 2.14. The van der Waals surface area contributed by atoms with Gasteiger partial charge in [0.05, 0.1) is 7.11 Å². The minimum Gasteiger partial charge on any atom is -0.469 e. The molecule has 0 fully saturated rings. The molecule has 3 rings (SSSR count). The summed E-state index contributed by atoms with van der Waals surface area (Å²) in [5.74, 6) is -0.475. The van der Waals surface area contributed by atoms with Crippen molar-refractivity contribution < 1.29 is 18.7 Å². The molecular formula is C22H23FN4O3. The number of anilines is 1. The molecule has 0 unspecified atom stereocenters. The van der Waals surface area contributed by atoms with Gasteiger partial charge < -0.3 is 10.1 Å². The fraction of sp³-hybridized carbons (Fsp3) is 0.273. The van der Waals surface area contributed by atoms with Crippen molar-refractivity contribution in [1.82, 2.24) is 14.8 Å². The molecule has 8 heteroatoms. The summed E-state index contributed by atoms with van der Waals surface area (Å²) in [6, 6.07) is 9.77. The molecule has 0 spiro atoms. The number of hydrogen-bond donors (Lipinski definition) is 1. The Kier molecular flexibility index (Phi) is 6.90. The zero-order valence-electron chi connectivity index (χ0n) is 16.9. The highest BCUT2D eigenvalue weighted by atomic mass is 19.1. The number of carbonyl (C=O) groups is 2. The molecule has 156 valence electrons. The van der Waals surface area contributed by atoms with Crippen molar-refractivity contribution >= 4 is 17.7 Å². The summed E-state index contributed by atoms with van der Waals surface area (Å²) in [6.07, 6.45) is 4.30. The summed E-state index contributed by atoms with van der Waals surface area (Å²) in [4.78, 5) is 27.5. The van der Waals surface area contributed by atoms with Gasteiger partial charge in [0.2, 0.25) is 5.91 Å². The Morgan fingerprint density at radius 2 is 1.90 bits per heavy atom. The third-order valence-corrected chi connectivity index (χ3v) is 4.55. The molecule has 1 amide bonds. The summed E-state index contributed by atoms with van der Waals surface area (Å²) >= 11 is 0. The first kappa shape index (κ1) is 21.2. The largest absolute Gasteiger partial charge is 0.469 e. The number of ether oxygens (including phenoxy) is 1. The average Bonchev–Trinajstić information content (AvgIpc) is 3.19. The Bertz CT molecular complexity index is 1030. The molecule has 0 atom stereocenters. The van der Waals surface area contributed by atoms with Gasteiger partial charge in [0.25, 0.3) is 0 Å². The first-order valence-electron chi connectivity index (χ1n) is 9.66. The van der Waals surface area contributed by atoms with Gasteiger partial charge in [-0.05, 0) is 55.3 Å². The Hall–Kier alpha value is -3.55. The van der Waals surface area contributed by atoms with E-state index in [1.54, 1.807) is 29.1 Å². The number of aryl methyl sites for hydroxylation is 1. The molecule has 1 N–H and O–H groups in total. The van der Waals surface area contributed by atoms with E-state index in [1.807, 2.05) is 19.2 Å². The monoisotopic (exact) mass is 410 g/mol. The van der Waals surface area contributed by atoms with Gasteiger partial charge in [0, 0.05) is 42.9 Å². The molecule has 0 bridgehead atoms. The lowest BCUT2D eigenvalue weighted by Crippen LogP contribution is -2.13. The quantitative estimate of drug-likeness (QED) is 0.566. The molecule has 0 saturated carbocycles. The van der Waals surface area contributed by atoms with Crippen molar-refractivity contribution in [2.75, 3.05) is 12.4 Å². The van der Waals surface area contributed by atoms with Crippen LogP contribution in [0.1, 0.15) is 26.2 Å². The third-order valence-electron chi connectivity index (χ3n) is 4.55. The van der Waals surface area contributed by atoms with Crippen molar-refractivity contribution in [2.24, 2.45) is 0 Å². The van der Waals surface area contributed by atoms with Crippen LogP contribution in [0.25, 0.3) is 22.4 Å². The predicted octanol–water partition coefficient (Wildman–Crippen LogP) is 4.05. The fourth-order valence-corrected chi connectivity index (χ4v) is 2.98. The normalized spacial score (nSPS) is 10.6. The fourth-order valence-electron chi connectivity index (χ4n) is 2.98. The van der Waals surface area contributed by atoms with Gasteiger partial charge in [-0.1, -0.05) is 0 Å². The number of rotatable bonds is 8. The number of hydrogen-bond acceptors (Lipinski definition) is 5. The van der Waals surface area contributed by atoms with E-state index in [0.717, 1.165) is 22.4 Å². The molecule has 1 aromatic carbocycles. The maximum atomic E-state index is 13.3. The van der Waals surface area contributed by atoms with Crippen molar-refractivity contribution in [2.45, 2.75) is 32.7 Å². The first-order chi connectivity index (χ1) is 14.5. The van der Waals surface area contributed by atoms with E-state index in [2.05, 4.69) is 20.1 Å². The van der Waals surface area contributed by atoms with Crippen LogP contribution >= 0.6 is 0 Å². The van der Waals surface area contributed by atoms with E-state index in [0.29, 0.717) is 18.8 Å². The van der Waals surface area contributed by atoms with Crippen LogP contribution < -0.4 is 5.32 Å². The number of esters is 1. The van der Waals surface area contributed by atoms with Crippen molar-refractivity contribution in [3.8, 4) is 22.4 Å². The van der Waals surface area contributed by atoms with E-state index in [1.165, 1.54) is 19.2 Å². The summed E-state index contributed by atoms with van der Waals surface area (Å²) in [5.41, 5.74) is 3.20. The topological polar surface area (TPSA) is 86.1 Å². The Balaban J connectivity index is 1.80. The molecule has 0 saturated heterocycles. The highest BCUT2D eigenvalue weighted by molar-refractivity contribution is 5.91. The van der Waals surface area contributed by atoms with Crippen LogP contribution in [0.3, 0.4) is 0 Å². The predicted molar refractivity (Wildman–Crippen MR) is 111 cm³/mol. The number of pyridine rings is 1. The van der Waals surface area contributed by atoms with Gasteiger partial charge in [-0.3, -0.25) is 14.3 Å². The number of amides is 1. The number of methoxy groups -OCH3 is 1. The second-order valence-electron chi connectivity index (χ2n) is 6.66. The lowest BCUT2D eigenvalue weighted by Gasteiger charge is -2.07. The standard InChI is InChI=1S/C22H23FN4O3/c1-3-27-14-18(22(26-27)15-7-9-17(23)10-8-15)16-11-12-24-19(13-16)25-20(28)5-4-6-21(29)30-2/h7-14H,3-6H2,1-2H3,(H,24,25,28). The van der Waals surface area contributed by atoms with Crippen molar-refractivity contribution in [3.63, 3.8) is 0 Å². The summed E-state index contributed by atoms with van der Waals surface area (Å²) < 4.78 is 19.7. The van der Waals surface area contributed by atoms with E-state index in [9.17, 15) is 14.0 Å². The number of aromatic nitrogens is 3. The van der Waals surface area contributed by atoms with Gasteiger partial charge >= 0.3 is 5.97 Å². The van der Waals surface area contributed by atoms with Gasteiger partial charge in [0.1, 0.15) is 17.3 Å². The molecular weight excluding hydrogens is 387 g/mol. The SMILES string of the molecule is CCn1cc(-c2ccnc(NC(=O)CCCC(=O)OC)c2)c(-c2ccc(F)cc2)n1. The first-order valence-corrected chi connectivity index (χ1v) is 9.66. The van der Waals surface area contributed by atoms with Crippen LogP contribution in [0.15, 0.2) is 48.8 Å². The lowest BCUT2D eigenvalue weighted by molar-refractivity contribution is -0.140. The zero-order chi connectivity index (χ0) is 21.5. The van der Waals surface area contributed by atoms with Crippen LogP contribution in [0.5, 0.6) is 0 Å². The Morgan fingerprint density at radius 3 is 2.60 bits per heavy atom. The van der Waals surface area contributed by atoms with Crippen LogP contribution in [-0.4, -0.2) is 33.8 Å². The van der Waals surface area contributed by atoms with Crippen LogP contribution in [0.4, 0.5) is 10.2 Å². The van der Waals surface area contributed by atoms with E-state index >= 15 is 0 Å². The van der Waals surface area contributed by atoms with E-state index in [-0.39, 0.29) is 30.5 Å². The second-order valence-corrected chi connectivity index (χ2v) is 6.66. The molecule has 0 aliphatic carbocycles. The minimum absolute atomic E-state index is 0.189. The van der Waals surface area contributed by atoms with Crippen molar-refractivity contribution in [3.05, 3.63) is 54.6 Å². The van der Waals surface area contributed by atoms with Gasteiger partial charge in [-0.2, -0.15) is 5.10 Å². The lowest BCUT2D eigenvalue weighted by atomic mass is 10.0. The number of nitrogens with one attached hydrogen (secondary N) is 1. The molecule has 0 radical (unpaired) electrons. The molecule has 3 aromatic rings. The van der Waals surface area contributed by atoms with Crippen LogP contribution in [-0.2, 0) is 20.9 Å². The summed E-state index contributed by atoms with van der Waals surface area (Å²) in [6.45, 7) is 2.67. The molecule has 2 aromatic heterocycles. The highest BCUT2D eigenvalue weighted by Crippen LogP contribution is 2.32. The molecule has 0 aliphatic heterocycles. The number of halogens is 1. The summed E-state index contributed by atoms with van der Waals surface area (Å²) in [5, 5.41) is 7.36. The Morgan fingerprint density at radius 1 is 1.13 bits per heavy atom. The van der Waals surface area contributed by atoms with E-state index < -0.39 is 0 Å². The maximum Gasteiger partial charge on any atom is 0.305 e. The smallest absolute Gasteiger partial charge is 0.305 e. The summed E-state index contributed by atoms with van der Waals surface area (Å²) in [7, 11) is 1.32. The molecule has 7 nitrogen and oxygen atoms in total. The number of benzene rings is 1. The van der Waals surface area contributed by atoms with Gasteiger partial charge in [-0.25, -0.2) is 9.37 Å². The van der Waals surface area contributed by atoms with Gasteiger partial charge in [-0.15, -0.1) is 0 Å². The van der Waals surface area contributed by atoms with E-state index in [4.69, 9.17) is 0 Å². The number of nitrogens with zero attached hydrogens (tertiary/aromatic N) is 3. The average molecular weight is 410 g/mol. The Labute approximate surface area is 173 Å². The third kappa shape index (κ3) is 5.28. The second kappa shape index (κ2) is 9.78. The minimum atomic E-state index is -0.343. The van der Waals surface area contributed by atoms with Crippen LogP contribution in [0.2, 0.25) is 0 Å². The zero-order valence-corrected chi connectivity index (χ0v) is 16.9. The molecule has 30 heavy (non-hydrogen) atoms. The maximum absolute atomic E-state index is 13.3. The number of carbonyl (C=O) groups excluding carboxylic acids is 2. The van der Waals surface area contributed by atoms with Crippen molar-refractivity contribution in [1.29, 1.82) is 0 Å². The van der Waals surface area contributed by atoms with Gasteiger partial charge in [0.15, 0.2) is 0 Å².